The number of rotatable bonds is 5. The van der Waals surface area contributed by atoms with Crippen LogP contribution in [0.1, 0.15) is 25.8 Å². The summed E-state index contributed by atoms with van der Waals surface area (Å²) in [5.41, 5.74) is 3.84. The molecule has 2 aromatic rings. The molecule has 0 unspecified atom stereocenters. The average molecular weight is 310 g/mol. The Labute approximate surface area is 139 Å². The molecule has 3 rings (SSSR count). The summed E-state index contributed by atoms with van der Waals surface area (Å²) in [5.74, 6) is 0.964. The third-order valence-electron chi connectivity index (χ3n) is 4.13. The normalized spacial score (nSPS) is 15.7. The highest BCUT2D eigenvalue weighted by atomic mass is 16.5. The van der Waals surface area contributed by atoms with Crippen LogP contribution in [0.3, 0.4) is 0 Å². The maximum atomic E-state index is 5.88. The second kappa shape index (κ2) is 6.53. The van der Waals surface area contributed by atoms with E-state index in [1.165, 1.54) is 16.9 Å². The fraction of sp³-hybridized carbons (Fsp3) is 0.400. The number of aryl methyl sites for hydroxylation is 1. The maximum Gasteiger partial charge on any atom is 0.119 e. The Kier molecular flexibility index (Phi) is 4.46. The van der Waals surface area contributed by atoms with E-state index in [0.29, 0.717) is 0 Å². The Balaban J connectivity index is 1.57. The maximum absolute atomic E-state index is 5.88. The lowest BCUT2D eigenvalue weighted by molar-refractivity contribution is 0.310. The van der Waals surface area contributed by atoms with E-state index in [-0.39, 0.29) is 5.54 Å². The monoisotopic (exact) mass is 310 g/mol. The Morgan fingerprint density at radius 2 is 1.96 bits per heavy atom. The van der Waals surface area contributed by atoms with Gasteiger partial charge in [0, 0.05) is 18.6 Å². The summed E-state index contributed by atoms with van der Waals surface area (Å²) in [6.45, 7) is 9.35. The number of hydrogen-bond donors (Lipinski definition) is 1. The third kappa shape index (κ3) is 3.98. The molecule has 23 heavy (non-hydrogen) atoms. The first kappa shape index (κ1) is 15.7. The van der Waals surface area contributed by atoms with Gasteiger partial charge in [-0.2, -0.15) is 0 Å². The van der Waals surface area contributed by atoms with Crippen LogP contribution in [0.4, 0.5) is 11.4 Å². The first-order chi connectivity index (χ1) is 11.0. The lowest BCUT2D eigenvalue weighted by Gasteiger charge is -2.42. The minimum Gasteiger partial charge on any atom is -0.494 e. The van der Waals surface area contributed by atoms with Crippen molar-refractivity contribution in [2.45, 2.75) is 32.7 Å². The van der Waals surface area contributed by atoms with Gasteiger partial charge in [-0.15, -0.1) is 0 Å². The van der Waals surface area contributed by atoms with Crippen molar-refractivity contribution < 1.29 is 4.74 Å². The van der Waals surface area contributed by atoms with Gasteiger partial charge in [0.1, 0.15) is 5.75 Å². The van der Waals surface area contributed by atoms with Gasteiger partial charge in [0.25, 0.3) is 0 Å². The molecule has 0 fully saturated rings. The number of para-hydroxylation sites is 2. The first-order valence-electron chi connectivity index (χ1n) is 8.35. The fourth-order valence-corrected chi connectivity index (χ4v) is 3.17. The van der Waals surface area contributed by atoms with Crippen molar-refractivity contribution in [1.82, 2.24) is 0 Å². The van der Waals surface area contributed by atoms with Crippen LogP contribution in [-0.2, 0) is 0 Å². The van der Waals surface area contributed by atoms with Crippen molar-refractivity contribution in [3.8, 4) is 5.75 Å². The van der Waals surface area contributed by atoms with E-state index >= 15 is 0 Å². The van der Waals surface area contributed by atoms with Crippen molar-refractivity contribution in [1.29, 1.82) is 0 Å². The van der Waals surface area contributed by atoms with Gasteiger partial charge >= 0.3 is 0 Å². The number of fused-ring (bicyclic) bond motifs is 1. The lowest BCUT2D eigenvalue weighted by Crippen LogP contribution is -2.48. The van der Waals surface area contributed by atoms with E-state index in [9.17, 15) is 0 Å². The smallest absolute Gasteiger partial charge is 0.119 e. The Hall–Kier alpha value is -2.16. The van der Waals surface area contributed by atoms with E-state index < -0.39 is 0 Å². The van der Waals surface area contributed by atoms with E-state index in [2.05, 4.69) is 67.4 Å². The van der Waals surface area contributed by atoms with Gasteiger partial charge in [0.05, 0.1) is 18.0 Å². The predicted octanol–water partition coefficient (Wildman–Crippen LogP) is 4.47. The summed E-state index contributed by atoms with van der Waals surface area (Å²) >= 11 is 0. The standard InChI is InChI=1S/C20H26N2O/c1-16-8-6-9-17(14-16)23-13-7-12-22-15-20(2,3)21-18-10-4-5-11-19(18)22/h4-6,8-11,14,21H,7,12-13,15H2,1-3H3. The Morgan fingerprint density at radius 1 is 1.13 bits per heavy atom. The zero-order valence-corrected chi connectivity index (χ0v) is 14.3. The predicted molar refractivity (Wildman–Crippen MR) is 97.6 cm³/mol. The van der Waals surface area contributed by atoms with Crippen LogP contribution in [0.5, 0.6) is 5.75 Å². The molecule has 0 atom stereocenters. The Bertz CT molecular complexity index is 666. The molecule has 0 bridgehead atoms. The fourth-order valence-electron chi connectivity index (χ4n) is 3.17. The molecule has 1 heterocycles. The molecule has 0 aromatic heterocycles. The summed E-state index contributed by atoms with van der Waals surface area (Å²) in [6, 6.07) is 16.8. The van der Waals surface area contributed by atoms with Crippen LogP contribution in [0.25, 0.3) is 0 Å². The average Bonchev–Trinajstić information content (AvgIpc) is 2.50. The van der Waals surface area contributed by atoms with Gasteiger partial charge in [0.15, 0.2) is 0 Å². The van der Waals surface area contributed by atoms with Crippen LogP contribution < -0.4 is 15.0 Å². The molecular weight excluding hydrogens is 284 g/mol. The molecule has 2 aromatic carbocycles. The number of benzene rings is 2. The van der Waals surface area contributed by atoms with Gasteiger partial charge in [-0.1, -0.05) is 24.3 Å². The molecule has 1 N–H and O–H groups in total. The molecule has 0 amide bonds. The van der Waals surface area contributed by atoms with Gasteiger partial charge in [-0.25, -0.2) is 0 Å². The number of nitrogens with zero attached hydrogens (tertiary/aromatic N) is 1. The molecule has 3 heteroatoms. The number of anilines is 2. The molecule has 0 aliphatic carbocycles. The SMILES string of the molecule is Cc1cccc(OCCCN2CC(C)(C)Nc3ccccc32)c1. The van der Waals surface area contributed by atoms with Crippen molar-refractivity contribution >= 4 is 11.4 Å². The summed E-state index contributed by atoms with van der Waals surface area (Å²) < 4.78 is 5.88. The highest BCUT2D eigenvalue weighted by Crippen LogP contribution is 2.34. The largest absolute Gasteiger partial charge is 0.494 e. The molecule has 1 aliphatic rings. The van der Waals surface area contributed by atoms with Crippen molar-refractivity contribution in [2.75, 3.05) is 29.9 Å². The van der Waals surface area contributed by atoms with Gasteiger partial charge < -0.3 is 15.0 Å². The van der Waals surface area contributed by atoms with E-state index in [0.717, 1.165) is 31.9 Å². The van der Waals surface area contributed by atoms with Gasteiger partial charge in [-0.05, 0) is 57.0 Å². The third-order valence-corrected chi connectivity index (χ3v) is 4.13. The van der Waals surface area contributed by atoms with E-state index in [1.54, 1.807) is 0 Å². The summed E-state index contributed by atoms with van der Waals surface area (Å²) in [5, 5.41) is 3.62. The van der Waals surface area contributed by atoms with Gasteiger partial charge in [-0.3, -0.25) is 0 Å². The molecule has 1 aliphatic heterocycles. The zero-order valence-electron chi connectivity index (χ0n) is 14.3. The molecule has 0 spiro atoms. The van der Waals surface area contributed by atoms with Crippen molar-refractivity contribution in [3.63, 3.8) is 0 Å². The topological polar surface area (TPSA) is 24.5 Å². The van der Waals surface area contributed by atoms with Crippen LogP contribution in [0.15, 0.2) is 48.5 Å². The molecular formula is C20H26N2O. The molecule has 0 saturated carbocycles. The summed E-state index contributed by atoms with van der Waals surface area (Å²) in [4.78, 5) is 2.46. The molecule has 0 saturated heterocycles. The second-order valence-electron chi connectivity index (χ2n) is 6.97. The zero-order chi connectivity index (χ0) is 16.3. The van der Waals surface area contributed by atoms with Crippen LogP contribution in [0.2, 0.25) is 0 Å². The number of hydrogen-bond acceptors (Lipinski definition) is 3. The molecule has 0 radical (unpaired) electrons. The van der Waals surface area contributed by atoms with Gasteiger partial charge in [0.2, 0.25) is 0 Å². The van der Waals surface area contributed by atoms with Crippen LogP contribution >= 0.6 is 0 Å². The van der Waals surface area contributed by atoms with Crippen molar-refractivity contribution in [3.05, 3.63) is 54.1 Å². The first-order valence-corrected chi connectivity index (χ1v) is 8.35. The van der Waals surface area contributed by atoms with E-state index in [1.807, 2.05) is 12.1 Å². The summed E-state index contributed by atoms with van der Waals surface area (Å²) in [6.07, 6.45) is 1.01. The highest BCUT2D eigenvalue weighted by Gasteiger charge is 2.28. The molecule has 122 valence electrons. The minimum absolute atomic E-state index is 0.0890. The minimum atomic E-state index is 0.0890. The molecule has 3 nitrogen and oxygen atoms in total. The highest BCUT2D eigenvalue weighted by molar-refractivity contribution is 5.73. The second-order valence-corrected chi connectivity index (χ2v) is 6.97. The lowest BCUT2D eigenvalue weighted by atomic mass is 9.99. The number of nitrogens with one attached hydrogen (secondary N) is 1. The van der Waals surface area contributed by atoms with Crippen LogP contribution in [-0.4, -0.2) is 25.2 Å². The quantitative estimate of drug-likeness (QED) is 0.824. The summed E-state index contributed by atoms with van der Waals surface area (Å²) in [7, 11) is 0. The van der Waals surface area contributed by atoms with Crippen molar-refractivity contribution in [2.24, 2.45) is 0 Å². The van der Waals surface area contributed by atoms with Crippen LogP contribution in [0, 0.1) is 6.92 Å². The number of ether oxygens (including phenoxy) is 1. The Morgan fingerprint density at radius 3 is 2.78 bits per heavy atom. The van der Waals surface area contributed by atoms with E-state index in [4.69, 9.17) is 4.74 Å².